The lowest BCUT2D eigenvalue weighted by Gasteiger charge is -2.32. The quantitative estimate of drug-likeness (QED) is 0.224. The van der Waals surface area contributed by atoms with Crippen LogP contribution >= 0.6 is 0 Å². The molecule has 0 bridgehead atoms. The Labute approximate surface area is 269 Å². The molecule has 1 aliphatic heterocycles. The SMILES string of the molecule is COC(=O)C1C(c2ccccc2)C(C(=O)NCc2ccc(F)cc2)N(C(=O)c2ccc(C(C)(C)C)cc2)C1c1ccc(OC)cc1. The monoisotopic (exact) mass is 622 g/mol. The summed E-state index contributed by atoms with van der Waals surface area (Å²) in [7, 11) is 2.88. The predicted octanol–water partition coefficient (Wildman–Crippen LogP) is 6.59. The van der Waals surface area contributed by atoms with E-state index in [4.69, 9.17) is 9.47 Å². The topological polar surface area (TPSA) is 84.9 Å². The summed E-state index contributed by atoms with van der Waals surface area (Å²) < 4.78 is 24.3. The fourth-order valence-electron chi connectivity index (χ4n) is 6.26. The Hall–Kier alpha value is -4.98. The van der Waals surface area contributed by atoms with Crippen LogP contribution < -0.4 is 10.1 Å². The zero-order valence-corrected chi connectivity index (χ0v) is 26.7. The molecule has 8 heteroatoms. The highest BCUT2D eigenvalue weighted by atomic mass is 19.1. The van der Waals surface area contributed by atoms with Crippen molar-refractivity contribution in [2.75, 3.05) is 14.2 Å². The van der Waals surface area contributed by atoms with Crippen molar-refractivity contribution >= 4 is 17.8 Å². The number of carbonyl (C=O) groups excluding carboxylic acids is 3. The van der Waals surface area contributed by atoms with E-state index in [0.29, 0.717) is 22.4 Å². The summed E-state index contributed by atoms with van der Waals surface area (Å²) in [5, 5.41) is 2.97. The highest BCUT2D eigenvalue weighted by Crippen LogP contribution is 2.51. The second kappa shape index (κ2) is 13.6. The smallest absolute Gasteiger partial charge is 0.311 e. The second-order valence-electron chi connectivity index (χ2n) is 12.5. The van der Waals surface area contributed by atoms with Gasteiger partial charge in [0.25, 0.3) is 5.91 Å². The van der Waals surface area contributed by atoms with E-state index in [2.05, 4.69) is 26.1 Å². The van der Waals surface area contributed by atoms with E-state index >= 15 is 0 Å². The van der Waals surface area contributed by atoms with Crippen molar-refractivity contribution in [2.24, 2.45) is 5.92 Å². The third-order valence-electron chi connectivity index (χ3n) is 8.66. The van der Waals surface area contributed by atoms with Gasteiger partial charge in [0.1, 0.15) is 17.6 Å². The van der Waals surface area contributed by atoms with Crippen LogP contribution in [0.4, 0.5) is 4.39 Å². The zero-order chi connectivity index (χ0) is 33.0. The molecule has 4 unspecified atom stereocenters. The van der Waals surface area contributed by atoms with Crippen LogP contribution in [0.25, 0.3) is 0 Å². The summed E-state index contributed by atoms with van der Waals surface area (Å²) in [5.74, 6) is -2.80. The number of rotatable bonds is 8. The van der Waals surface area contributed by atoms with Gasteiger partial charge in [0.2, 0.25) is 5.91 Å². The van der Waals surface area contributed by atoms with Gasteiger partial charge in [-0.15, -0.1) is 0 Å². The van der Waals surface area contributed by atoms with Gasteiger partial charge < -0.3 is 19.7 Å². The van der Waals surface area contributed by atoms with Gasteiger partial charge in [-0.3, -0.25) is 14.4 Å². The van der Waals surface area contributed by atoms with Crippen molar-refractivity contribution in [3.05, 3.63) is 137 Å². The van der Waals surface area contributed by atoms with Crippen molar-refractivity contribution in [1.82, 2.24) is 10.2 Å². The van der Waals surface area contributed by atoms with E-state index in [1.165, 1.54) is 24.1 Å². The number of likely N-dealkylation sites (tertiary alicyclic amines) is 1. The molecular weight excluding hydrogens is 583 g/mol. The molecule has 0 aliphatic carbocycles. The first-order chi connectivity index (χ1) is 22.0. The Morgan fingerprint density at radius 1 is 0.804 bits per heavy atom. The second-order valence-corrected chi connectivity index (χ2v) is 12.5. The summed E-state index contributed by atoms with van der Waals surface area (Å²) in [6.07, 6.45) is 0. The molecule has 4 aromatic carbocycles. The van der Waals surface area contributed by atoms with Crippen molar-refractivity contribution in [3.8, 4) is 5.75 Å². The Balaban J connectivity index is 1.67. The lowest BCUT2D eigenvalue weighted by Crippen LogP contribution is -2.48. The normalized spacial score (nSPS) is 19.4. The van der Waals surface area contributed by atoms with Crippen LogP contribution in [0.5, 0.6) is 5.75 Å². The average Bonchev–Trinajstić information content (AvgIpc) is 3.43. The van der Waals surface area contributed by atoms with E-state index in [9.17, 15) is 18.8 Å². The van der Waals surface area contributed by atoms with Crippen LogP contribution in [0.3, 0.4) is 0 Å². The zero-order valence-electron chi connectivity index (χ0n) is 26.7. The fraction of sp³-hybridized carbons (Fsp3) is 0.289. The highest BCUT2D eigenvalue weighted by Gasteiger charge is 2.58. The highest BCUT2D eigenvalue weighted by molar-refractivity contribution is 6.00. The van der Waals surface area contributed by atoms with Crippen LogP contribution in [-0.2, 0) is 26.3 Å². The van der Waals surface area contributed by atoms with Crippen molar-refractivity contribution < 1.29 is 28.2 Å². The van der Waals surface area contributed by atoms with Gasteiger partial charge in [-0.05, 0) is 64.1 Å². The minimum atomic E-state index is -1.09. The third kappa shape index (κ3) is 6.66. The van der Waals surface area contributed by atoms with Crippen LogP contribution in [0.1, 0.15) is 65.3 Å². The molecule has 2 amide bonds. The number of nitrogens with one attached hydrogen (secondary N) is 1. The molecule has 0 saturated carbocycles. The molecule has 1 N–H and O–H groups in total. The minimum absolute atomic E-state index is 0.107. The average molecular weight is 623 g/mol. The predicted molar refractivity (Wildman–Crippen MR) is 174 cm³/mol. The van der Waals surface area contributed by atoms with Gasteiger partial charge in [-0.25, -0.2) is 4.39 Å². The Bertz CT molecular complexity index is 1670. The van der Waals surface area contributed by atoms with Gasteiger partial charge in [0.15, 0.2) is 0 Å². The maximum Gasteiger partial charge on any atom is 0.311 e. The summed E-state index contributed by atoms with van der Waals surface area (Å²) in [5.41, 5.74) is 3.39. The van der Waals surface area contributed by atoms with Crippen LogP contribution in [-0.4, -0.2) is 42.9 Å². The summed E-state index contributed by atoms with van der Waals surface area (Å²) in [4.78, 5) is 44.4. The molecule has 4 aromatic rings. The lowest BCUT2D eigenvalue weighted by molar-refractivity contribution is -0.146. The molecule has 1 fully saturated rings. The molecule has 4 atom stereocenters. The van der Waals surface area contributed by atoms with Gasteiger partial charge >= 0.3 is 5.97 Å². The number of esters is 1. The number of hydrogen-bond acceptors (Lipinski definition) is 5. The number of amides is 2. The number of benzene rings is 4. The maximum absolute atomic E-state index is 14.7. The minimum Gasteiger partial charge on any atom is -0.497 e. The first-order valence-corrected chi connectivity index (χ1v) is 15.3. The molecule has 0 radical (unpaired) electrons. The molecule has 0 spiro atoms. The van der Waals surface area contributed by atoms with Gasteiger partial charge in [0, 0.05) is 18.0 Å². The molecular formula is C38H39FN2O5. The van der Waals surface area contributed by atoms with Crippen molar-refractivity contribution in [1.29, 1.82) is 0 Å². The fourth-order valence-corrected chi connectivity index (χ4v) is 6.26. The van der Waals surface area contributed by atoms with Crippen LogP contribution in [0.2, 0.25) is 0 Å². The van der Waals surface area contributed by atoms with Crippen molar-refractivity contribution in [3.63, 3.8) is 0 Å². The summed E-state index contributed by atoms with van der Waals surface area (Å²) in [6.45, 7) is 6.39. The third-order valence-corrected chi connectivity index (χ3v) is 8.66. The van der Waals surface area contributed by atoms with E-state index in [-0.39, 0.29) is 17.8 Å². The van der Waals surface area contributed by atoms with E-state index in [1.807, 2.05) is 54.6 Å². The van der Waals surface area contributed by atoms with Crippen molar-refractivity contribution in [2.45, 2.75) is 50.7 Å². The van der Waals surface area contributed by atoms with E-state index < -0.39 is 41.7 Å². The van der Waals surface area contributed by atoms with Gasteiger partial charge in [-0.2, -0.15) is 0 Å². The largest absolute Gasteiger partial charge is 0.497 e. The molecule has 0 aromatic heterocycles. The lowest BCUT2D eigenvalue weighted by atomic mass is 9.79. The van der Waals surface area contributed by atoms with Crippen LogP contribution in [0, 0.1) is 11.7 Å². The van der Waals surface area contributed by atoms with E-state index in [0.717, 1.165) is 11.1 Å². The Kier molecular flexibility index (Phi) is 9.56. The number of methoxy groups -OCH3 is 2. The molecule has 5 rings (SSSR count). The first kappa shape index (κ1) is 32.4. The number of ether oxygens (including phenoxy) is 2. The molecule has 1 aliphatic rings. The molecule has 1 heterocycles. The standard InChI is InChI=1S/C38H39FN2O5/c1-38(2,3)28-17-13-27(14-18-28)36(43)41-33(26-15-21-30(45-4)22-16-26)32(37(44)46-5)31(25-9-7-6-8-10-25)34(41)35(42)40-23-24-11-19-29(39)20-12-24/h6-22,31-34H,23H2,1-5H3,(H,40,42). The first-order valence-electron chi connectivity index (χ1n) is 15.3. The van der Waals surface area contributed by atoms with Gasteiger partial charge in [0.05, 0.1) is 26.2 Å². The number of hydrogen-bond donors (Lipinski definition) is 1. The molecule has 238 valence electrons. The number of halogens is 1. The Morgan fingerprint density at radius 3 is 2.00 bits per heavy atom. The van der Waals surface area contributed by atoms with E-state index in [1.54, 1.807) is 43.5 Å². The van der Waals surface area contributed by atoms with Crippen LogP contribution in [0.15, 0.2) is 103 Å². The number of carbonyl (C=O) groups is 3. The summed E-state index contributed by atoms with van der Waals surface area (Å²) >= 11 is 0. The van der Waals surface area contributed by atoms with Gasteiger partial charge in [-0.1, -0.05) is 87.5 Å². The summed E-state index contributed by atoms with van der Waals surface area (Å²) in [6, 6.07) is 27.7. The molecule has 7 nitrogen and oxygen atoms in total. The molecule has 46 heavy (non-hydrogen) atoms. The maximum atomic E-state index is 14.7. The number of nitrogens with zero attached hydrogens (tertiary/aromatic N) is 1. The molecule has 1 saturated heterocycles. The Morgan fingerprint density at radius 2 is 1.43 bits per heavy atom.